The van der Waals surface area contributed by atoms with Crippen LogP contribution in [0.5, 0.6) is 0 Å². The Kier molecular flexibility index (Phi) is 5.47. The number of benzene rings is 1. The topological polar surface area (TPSA) is 41.1 Å². The van der Waals surface area contributed by atoms with Crippen molar-refractivity contribution in [3.05, 3.63) is 52.0 Å². The van der Waals surface area contributed by atoms with E-state index in [1.165, 1.54) is 15.8 Å². The van der Waals surface area contributed by atoms with Gasteiger partial charge in [-0.3, -0.25) is 4.79 Å². The van der Waals surface area contributed by atoms with Crippen molar-refractivity contribution in [1.29, 1.82) is 0 Å². The minimum Gasteiger partial charge on any atom is -0.322 e. The molecule has 0 bridgehead atoms. The SMILES string of the molecule is Cc1ccc(CC(C)NCC(=O)Nc2ccccc2F)s1. The lowest BCUT2D eigenvalue weighted by atomic mass is 10.2. The van der Waals surface area contributed by atoms with Gasteiger partial charge >= 0.3 is 0 Å². The van der Waals surface area contributed by atoms with E-state index in [1.807, 2.05) is 6.92 Å². The molecule has 0 saturated carbocycles. The Morgan fingerprint density at radius 2 is 2.05 bits per heavy atom. The van der Waals surface area contributed by atoms with E-state index < -0.39 is 5.82 Å². The van der Waals surface area contributed by atoms with Crippen molar-refractivity contribution in [1.82, 2.24) is 5.32 Å². The quantitative estimate of drug-likeness (QED) is 0.859. The molecular weight excluding hydrogens is 287 g/mol. The Balaban J connectivity index is 1.77. The second-order valence-electron chi connectivity index (χ2n) is 5.03. The Morgan fingerprint density at radius 3 is 2.71 bits per heavy atom. The van der Waals surface area contributed by atoms with Gasteiger partial charge in [0.1, 0.15) is 5.82 Å². The molecule has 2 aromatic rings. The molecule has 0 fully saturated rings. The molecule has 0 saturated heterocycles. The van der Waals surface area contributed by atoms with Gasteiger partial charge in [-0.15, -0.1) is 11.3 Å². The van der Waals surface area contributed by atoms with E-state index in [9.17, 15) is 9.18 Å². The molecule has 3 nitrogen and oxygen atoms in total. The van der Waals surface area contributed by atoms with Crippen LogP contribution in [-0.4, -0.2) is 18.5 Å². The third-order valence-corrected chi connectivity index (χ3v) is 4.09. The van der Waals surface area contributed by atoms with Gasteiger partial charge in [0.25, 0.3) is 0 Å². The van der Waals surface area contributed by atoms with E-state index in [0.717, 1.165) is 6.42 Å². The van der Waals surface area contributed by atoms with Crippen LogP contribution in [0.1, 0.15) is 16.7 Å². The van der Waals surface area contributed by atoms with Crippen molar-refractivity contribution in [2.75, 3.05) is 11.9 Å². The van der Waals surface area contributed by atoms with E-state index in [-0.39, 0.29) is 24.2 Å². The maximum atomic E-state index is 13.4. The fourth-order valence-electron chi connectivity index (χ4n) is 1.99. The molecule has 0 aliphatic heterocycles. The summed E-state index contributed by atoms with van der Waals surface area (Å²) in [5.41, 5.74) is 0.214. The van der Waals surface area contributed by atoms with Crippen molar-refractivity contribution in [3.63, 3.8) is 0 Å². The standard InChI is InChI=1S/C16H19FN2OS/c1-11(9-13-8-7-12(2)21-13)18-10-16(20)19-15-6-4-3-5-14(15)17/h3-8,11,18H,9-10H2,1-2H3,(H,19,20). The maximum Gasteiger partial charge on any atom is 0.238 e. The number of halogens is 1. The van der Waals surface area contributed by atoms with E-state index in [2.05, 4.69) is 29.7 Å². The zero-order valence-electron chi connectivity index (χ0n) is 12.2. The van der Waals surface area contributed by atoms with E-state index in [1.54, 1.807) is 29.5 Å². The van der Waals surface area contributed by atoms with Crippen molar-refractivity contribution in [2.24, 2.45) is 0 Å². The maximum absolute atomic E-state index is 13.4. The Labute approximate surface area is 128 Å². The molecule has 5 heteroatoms. The van der Waals surface area contributed by atoms with Crippen LogP contribution in [-0.2, 0) is 11.2 Å². The van der Waals surface area contributed by atoms with Gasteiger partial charge in [0, 0.05) is 15.8 Å². The number of rotatable bonds is 6. The molecule has 1 atom stereocenters. The fraction of sp³-hybridized carbons (Fsp3) is 0.312. The molecule has 1 amide bonds. The second kappa shape index (κ2) is 7.33. The molecule has 21 heavy (non-hydrogen) atoms. The lowest BCUT2D eigenvalue weighted by Crippen LogP contribution is -2.35. The van der Waals surface area contributed by atoms with Gasteiger partial charge in [0.05, 0.1) is 12.2 Å². The molecule has 0 radical (unpaired) electrons. The summed E-state index contributed by atoms with van der Waals surface area (Å²) in [5, 5.41) is 5.71. The first-order valence-electron chi connectivity index (χ1n) is 6.87. The monoisotopic (exact) mass is 306 g/mol. The first kappa shape index (κ1) is 15.7. The van der Waals surface area contributed by atoms with E-state index in [4.69, 9.17) is 0 Å². The van der Waals surface area contributed by atoms with Crippen LogP contribution in [0, 0.1) is 12.7 Å². The summed E-state index contributed by atoms with van der Waals surface area (Å²) < 4.78 is 13.4. The minimum absolute atomic E-state index is 0.167. The van der Waals surface area contributed by atoms with Crippen LogP contribution in [0.25, 0.3) is 0 Å². The number of carbonyl (C=O) groups excluding carboxylic acids is 1. The summed E-state index contributed by atoms with van der Waals surface area (Å²) in [6.45, 7) is 4.28. The number of anilines is 1. The van der Waals surface area contributed by atoms with Gasteiger partial charge in [-0.1, -0.05) is 12.1 Å². The lowest BCUT2D eigenvalue weighted by Gasteiger charge is -2.13. The number of para-hydroxylation sites is 1. The highest BCUT2D eigenvalue weighted by Crippen LogP contribution is 2.16. The van der Waals surface area contributed by atoms with Crippen molar-refractivity contribution >= 4 is 22.9 Å². The number of carbonyl (C=O) groups is 1. The van der Waals surface area contributed by atoms with E-state index in [0.29, 0.717) is 0 Å². The van der Waals surface area contributed by atoms with Crippen molar-refractivity contribution in [3.8, 4) is 0 Å². The molecule has 112 valence electrons. The Morgan fingerprint density at radius 1 is 1.29 bits per heavy atom. The van der Waals surface area contributed by atoms with Gasteiger partial charge in [0.2, 0.25) is 5.91 Å². The van der Waals surface area contributed by atoms with Gasteiger partial charge < -0.3 is 10.6 Å². The predicted molar refractivity (Wildman–Crippen MR) is 85.3 cm³/mol. The third kappa shape index (κ3) is 4.95. The number of hydrogen-bond donors (Lipinski definition) is 2. The highest BCUT2D eigenvalue weighted by molar-refractivity contribution is 7.11. The number of thiophene rings is 1. The summed E-state index contributed by atoms with van der Waals surface area (Å²) in [4.78, 5) is 14.4. The van der Waals surface area contributed by atoms with Crippen LogP contribution < -0.4 is 10.6 Å². The molecule has 1 heterocycles. The average molecular weight is 306 g/mol. The van der Waals surface area contributed by atoms with Crippen LogP contribution in [0.3, 0.4) is 0 Å². The van der Waals surface area contributed by atoms with Crippen LogP contribution >= 0.6 is 11.3 Å². The summed E-state index contributed by atoms with van der Waals surface area (Å²) in [5.74, 6) is -0.665. The molecule has 0 aliphatic rings. The number of nitrogens with one attached hydrogen (secondary N) is 2. The summed E-state index contributed by atoms with van der Waals surface area (Å²) >= 11 is 1.76. The zero-order chi connectivity index (χ0) is 15.2. The normalized spacial score (nSPS) is 12.1. The Bertz CT molecular complexity index is 612. The third-order valence-electron chi connectivity index (χ3n) is 3.06. The first-order chi connectivity index (χ1) is 10.0. The Hall–Kier alpha value is -1.72. The molecule has 2 rings (SSSR count). The first-order valence-corrected chi connectivity index (χ1v) is 7.69. The summed E-state index contributed by atoms with van der Waals surface area (Å²) in [7, 11) is 0. The van der Waals surface area contributed by atoms with Crippen LogP contribution in [0.2, 0.25) is 0 Å². The van der Waals surface area contributed by atoms with Crippen LogP contribution in [0.15, 0.2) is 36.4 Å². The smallest absolute Gasteiger partial charge is 0.238 e. The molecule has 1 aromatic carbocycles. The van der Waals surface area contributed by atoms with Crippen molar-refractivity contribution < 1.29 is 9.18 Å². The van der Waals surface area contributed by atoms with Crippen LogP contribution in [0.4, 0.5) is 10.1 Å². The number of hydrogen-bond acceptors (Lipinski definition) is 3. The van der Waals surface area contributed by atoms with Gasteiger partial charge in [-0.2, -0.15) is 0 Å². The van der Waals surface area contributed by atoms with Crippen molar-refractivity contribution in [2.45, 2.75) is 26.3 Å². The van der Waals surface area contributed by atoms with Gasteiger partial charge in [-0.05, 0) is 44.5 Å². The highest BCUT2D eigenvalue weighted by atomic mass is 32.1. The summed E-state index contributed by atoms with van der Waals surface area (Å²) in [6, 6.07) is 10.5. The molecule has 0 aliphatic carbocycles. The second-order valence-corrected chi connectivity index (χ2v) is 6.40. The molecule has 0 spiro atoms. The highest BCUT2D eigenvalue weighted by Gasteiger charge is 2.09. The van der Waals surface area contributed by atoms with Gasteiger partial charge in [0.15, 0.2) is 0 Å². The number of aryl methyl sites for hydroxylation is 1. The number of amides is 1. The summed E-state index contributed by atoms with van der Waals surface area (Å²) in [6.07, 6.45) is 0.880. The molecule has 1 unspecified atom stereocenters. The van der Waals surface area contributed by atoms with Gasteiger partial charge in [-0.25, -0.2) is 4.39 Å². The lowest BCUT2D eigenvalue weighted by molar-refractivity contribution is -0.115. The molecule has 1 aromatic heterocycles. The molecular formula is C16H19FN2OS. The van der Waals surface area contributed by atoms with E-state index >= 15 is 0 Å². The fourth-order valence-corrected chi connectivity index (χ4v) is 3.01. The predicted octanol–water partition coefficient (Wildman–Crippen LogP) is 3.35. The zero-order valence-corrected chi connectivity index (χ0v) is 13.0. The molecule has 2 N–H and O–H groups in total. The largest absolute Gasteiger partial charge is 0.322 e. The average Bonchev–Trinajstić information content (AvgIpc) is 2.84. The minimum atomic E-state index is -0.423.